The first-order chi connectivity index (χ1) is 8.75. The third-order valence-electron chi connectivity index (χ3n) is 2.81. The lowest BCUT2D eigenvalue weighted by atomic mass is 10.0. The number of rotatable bonds is 5. The highest BCUT2D eigenvalue weighted by Crippen LogP contribution is 2.31. The van der Waals surface area contributed by atoms with E-state index in [0.29, 0.717) is 6.42 Å². The largest absolute Gasteiger partial charge is 0.433 e. The number of alkyl halides is 3. The fraction of sp³-hybridized carbons (Fsp3) is 0.583. The Labute approximate surface area is 109 Å². The molecule has 0 saturated heterocycles. The molecule has 1 aromatic rings. The van der Waals surface area contributed by atoms with Gasteiger partial charge in [0.25, 0.3) is 0 Å². The topological polar surface area (TPSA) is 71.2 Å². The van der Waals surface area contributed by atoms with Crippen molar-refractivity contribution in [2.24, 2.45) is 5.92 Å². The molecule has 0 amide bonds. The Balaban J connectivity index is 2.99. The second kappa shape index (κ2) is 6.10. The lowest BCUT2D eigenvalue weighted by molar-refractivity contribution is -0.141. The first-order valence-electron chi connectivity index (χ1n) is 5.95. The molecule has 0 spiro atoms. The fourth-order valence-electron chi connectivity index (χ4n) is 1.66. The number of hydrogen-bond acceptors (Lipinski definition) is 4. The van der Waals surface area contributed by atoms with Gasteiger partial charge in [-0.1, -0.05) is 13.8 Å². The van der Waals surface area contributed by atoms with Gasteiger partial charge in [-0.2, -0.15) is 13.2 Å². The zero-order valence-corrected chi connectivity index (χ0v) is 10.8. The lowest BCUT2D eigenvalue weighted by Gasteiger charge is -2.24. The highest BCUT2D eigenvalue weighted by atomic mass is 19.4. The van der Waals surface area contributed by atoms with Crippen LogP contribution in [-0.2, 0) is 6.18 Å². The van der Waals surface area contributed by atoms with E-state index in [4.69, 9.17) is 10.8 Å². The van der Waals surface area contributed by atoms with Crippen molar-refractivity contribution < 1.29 is 18.3 Å². The SMILES string of the molecule is CC(C)C(CCO)Nc1cc(C(F)(F)F)ncc1N. The summed E-state index contributed by atoms with van der Waals surface area (Å²) in [5, 5.41) is 11.9. The molecule has 0 aliphatic carbocycles. The van der Waals surface area contributed by atoms with Crippen LogP contribution in [0.15, 0.2) is 12.3 Å². The van der Waals surface area contributed by atoms with Crippen molar-refractivity contribution in [3.63, 3.8) is 0 Å². The Morgan fingerprint density at radius 1 is 1.42 bits per heavy atom. The molecular formula is C12H18F3N3O. The van der Waals surface area contributed by atoms with Gasteiger partial charge in [-0.05, 0) is 18.4 Å². The molecule has 4 nitrogen and oxygen atoms in total. The number of nitrogen functional groups attached to an aromatic ring is 1. The number of aromatic nitrogens is 1. The smallest absolute Gasteiger partial charge is 0.396 e. The van der Waals surface area contributed by atoms with Crippen LogP contribution in [0.1, 0.15) is 26.0 Å². The minimum absolute atomic E-state index is 0.0486. The molecule has 0 bridgehead atoms. The van der Waals surface area contributed by atoms with Crippen LogP contribution < -0.4 is 11.1 Å². The minimum atomic E-state index is -4.51. The Hall–Kier alpha value is -1.50. The molecule has 0 aliphatic heterocycles. The number of nitrogens with two attached hydrogens (primary N) is 1. The number of halogens is 3. The van der Waals surface area contributed by atoms with E-state index >= 15 is 0 Å². The number of aliphatic hydroxyl groups is 1. The molecular weight excluding hydrogens is 259 g/mol. The van der Waals surface area contributed by atoms with E-state index in [-0.39, 0.29) is 29.9 Å². The number of pyridine rings is 1. The minimum Gasteiger partial charge on any atom is -0.396 e. The lowest BCUT2D eigenvalue weighted by Crippen LogP contribution is -2.27. The number of anilines is 2. The van der Waals surface area contributed by atoms with Crippen LogP contribution in [-0.4, -0.2) is 22.7 Å². The molecule has 108 valence electrons. The van der Waals surface area contributed by atoms with Crippen molar-refractivity contribution >= 4 is 11.4 Å². The molecule has 0 radical (unpaired) electrons. The molecule has 1 unspecified atom stereocenters. The summed E-state index contributed by atoms with van der Waals surface area (Å²) >= 11 is 0. The molecule has 0 fully saturated rings. The van der Waals surface area contributed by atoms with Crippen LogP contribution in [0, 0.1) is 5.92 Å². The van der Waals surface area contributed by atoms with E-state index in [1.54, 1.807) is 0 Å². The van der Waals surface area contributed by atoms with E-state index < -0.39 is 11.9 Å². The molecule has 0 aliphatic rings. The van der Waals surface area contributed by atoms with Crippen molar-refractivity contribution in [1.82, 2.24) is 4.98 Å². The van der Waals surface area contributed by atoms with Crippen molar-refractivity contribution in [3.8, 4) is 0 Å². The maximum Gasteiger partial charge on any atom is 0.433 e. The number of nitrogens with zero attached hydrogens (tertiary/aromatic N) is 1. The predicted molar refractivity (Wildman–Crippen MR) is 67.6 cm³/mol. The normalized spacial score (nSPS) is 13.6. The van der Waals surface area contributed by atoms with Gasteiger partial charge in [-0.3, -0.25) is 0 Å². The summed E-state index contributed by atoms with van der Waals surface area (Å²) in [4.78, 5) is 3.27. The van der Waals surface area contributed by atoms with Gasteiger partial charge >= 0.3 is 6.18 Å². The summed E-state index contributed by atoms with van der Waals surface area (Å²) in [6.07, 6.45) is -3.09. The highest BCUT2D eigenvalue weighted by Gasteiger charge is 2.33. The Bertz CT molecular complexity index is 421. The van der Waals surface area contributed by atoms with Crippen LogP contribution in [0.4, 0.5) is 24.5 Å². The Morgan fingerprint density at radius 3 is 2.53 bits per heavy atom. The fourth-order valence-corrected chi connectivity index (χ4v) is 1.66. The molecule has 1 rings (SSSR count). The molecule has 1 aromatic heterocycles. The van der Waals surface area contributed by atoms with E-state index in [1.165, 1.54) is 0 Å². The first-order valence-corrected chi connectivity index (χ1v) is 5.95. The van der Waals surface area contributed by atoms with Crippen molar-refractivity contribution in [2.45, 2.75) is 32.5 Å². The zero-order valence-electron chi connectivity index (χ0n) is 10.8. The zero-order chi connectivity index (χ0) is 14.6. The van der Waals surface area contributed by atoms with Crippen molar-refractivity contribution in [1.29, 1.82) is 0 Å². The maximum absolute atomic E-state index is 12.6. The van der Waals surface area contributed by atoms with Crippen molar-refractivity contribution in [2.75, 3.05) is 17.7 Å². The average Bonchev–Trinajstić information content (AvgIpc) is 2.29. The second-order valence-electron chi connectivity index (χ2n) is 4.66. The number of nitrogens with one attached hydrogen (secondary N) is 1. The van der Waals surface area contributed by atoms with Gasteiger partial charge in [0.15, 0.2) is 0 Å². The average molecular weight is 277 g/mol. The third kappa shape index (κ3) is 4.27. The van der Waals surface area contributed by atoms with E-state index in [1.807, 2.05) is 13.8 Å². The van der Waals surface area contributed by atoms with Gasteiger partial charge in [0.05, 0.1) is 17.6 Å². The maximum atomic E-state index is 12.6. The molecule has 4 N–H and O–H groups in total. The Morgan fingerprint density at radius 2 is 2.05 bits per heavy atom. The molecule has 7 heteroatoms. The van der Waals surface area contributed by atoms with Gasteiger partial charge in [-0.15, -0.1) is 0 Å². The standard InChI is InChI=1S/C12H18F3N3O/c1-7(2)9(3-4-19)18-10-5-11(12(13,14)15)17-6-8(10)16/h5-7,9,19H,3-4,16H2,1-2H3,(H,17,18). The summed E-state index contributed by atoms with van der Waals surface area (Å²) in [7, 11) is 0. The van der Waals surface area contributed by atoms with Crippen LogP contribution in [0.3, 0.4) is 0 Å². The number of hydrogen-bond donors (Lipinski definition) is 3. The van der Waals surface area contributed by atoms with Crippen LogP contribution >= 0.6 is 0 Å². The van der Waals surface area contributed by atoms with E-state index in [2.05, 4.69) is 10.3 Å². The molecule has 19 heavy (non-hydrogen) atoms. The van der Waals surface area contributed by atoms with Gasteiger partial charge in [-0.25, -0.2) is 4.98 Å². The summed E-state index contributed by atoms with van der Waals surface area (Å²) in [5.74, 6) is 0.147. The summed E-state index contributed by atoms with van der Waals surface area (Å²) in [5.41, 5.74) is 4.97. The summed E-state index contributed by atoms with van der Waals surface area (Å²) < 4.78 is 37.7. The van der Waals surface area contributed by atoms with Crippen molar-refractivity contribution in [3.05, 3.63) is 18.0 Å². The highest BCUT2D eigenvalue weighted by molar-refractivity contribution is 5.65. The predicted octanol–water partition coefficient (Wildman–Crippen LogP) is 2.50. The van der Waals surface area contributed by atoms with Gasteiger partial charge in [0.2, 0.25) is 0 Å². The van der Waals surface area contributed by atoms with Crippen LogP contribution in [0.5, 0.6) is 0 Å². The molecule has 0 saturated carbocycles. The van der Waals surface area contributed by atoms with E-state index in [9.17, 15) is 13.2 Å². The Kier molecular flexibility index (Phi) is 4.99. The van der Waals surface area contributed by atoms with Gasteiger partial charge < -0.3 is 16.2 Å². The quantitative estimate of drug-likeness (QED) is 0.773. The molecule has 0 aromatic carbocycles. The summed E-state index contributed by atoms with van der Waals surface area (Å²) in [6, 6.07) is 0.734. The van der Waals surface area contributed by atoms with E-state index in [0.717, 1.165) is 12.3 Å². The monoisotopic (exact) mass is 277 g/mol. The second-order valence-corrected chi connectivity index (χ2v) is 4.66. The summed E-state index contributed by atoms with van der Waals surface area (Å²) in [6.45, 7) is 3.78. The molecule has 1 atom stereocenters. The third-order valence-corrected chi connectivity index (χ3v) is 2.81. The first kappa shape index (κ1) is 15.6. The van der Waals surface area contributed by atoms with Crippen LogP contribution in [0.25, 0.3) is 0 Å². The van der Waals surface area contributed by atoms with Crippen LogP contribution in [0.2, 0.25) is 0 Å². The van der Waals surface area contributed by atoms with Gasteiger partial charge in [0.1, 0.15) is 5.69 Å². The number of aliphatic hydroxyl groups excluding tert-OH is 1. The molecule has 1 heterocycles. The van der Waals surface area contributed by atoms with Gasteiger partial charge in [0, 0.05) is 12.6 Å².